The Hall–Kier alpha value is -6.41. The average Bonchev–Trinajstić information content (AvgIpc) is 3.19. The Labute approximate surface area is 337 Å². The van der Waals surface area contributed by atoms with Gasteiger partial charge in [0.25, 0.3) is 11.1 Å². The number of carbonyl (C=O) groups is 3. The molecule has 6 rings (SSSR count). The molecule has 2 heterocycles. The van der Waals surface area contributed by atoms with Crippen LogP contribution in [-0.4, -0.2) is 42.1 Å². The van der Waals surface area contributed by atoms with Gasteiger partial charge < -0.3 is 21.5 Å². The Morgan fingerprint density at radius 3 is 1.53 bits per heavy atom. The van der Waals surface area contributed by atoms with Crippen molar-refractivity contribution in [2.75, 3.05) is 10.6 Å². The number of hydrogen-bond acceptors (Lipinski definition) is 10. The van der Waals surface area contributed by atoms with E-state index in [1.54, 1.807) is 97.9 Å². The topological polar surface area (TPSA) is 191 Å². The summed E-state index contributed by atoms with van der Waals surface area (Å²) in [5.41, 5.74) is 9.20. The second-order valence-corrected chi connectivity index (χ2v) is 13.5. The number of Topliss-reactive ketones (excluding diaryl/α,β-unsaturated/α-hetero) is 2. The molecule has 15 heteroatoms. The van der Waals surface area contributed by atoms with Crippen LogP contribution in [-0.2, 0) is 19.7 Å². The third-order valence-corrected chi connectivity index (χ3v) is 9.10. The van der Waals surface area contributed by atoms with Crippen LogP contribution in [0.15, 0.2) is 107 Å². The number of aliphatic hydroxyl groups excluding tert-OH is 1. The van der Waals surface area contributed by atoms with Gasteiger partial charge in [-0.3, -0.25) is 24.0 Å². The van der Waals surface area contributed by atoms with E-state index >= 15 is 0 Å². The molecular weight excluding hydrogens is 769 g/mol. The fraction of sp³-hybridized carbons (Fsp3) is 0.167. The minimum Gasteiger partial charge on any atom is -0.392 e. The van der Waals surface area contributed by atoms with Gasteiger partial charge in [-0.25, -0.2) is 9.36 Å². The summed E-state index contributed by atoms with van der Waals surface area (Å²) in [5.74, 6) is -1.21. The number of hydrogen-bond donors (Lipinski definition) is 4. The number of amides is 1. The number of primary amides is 1. The van der Waals surface area contributed by atoms with Gasteiger partial charge in [0.1, 0.15) is 22.8 Å². The van der Waals surface area contributed by atoms with Crippen molar-refractivity contribution in [3.05, 3.63) is 150 Å². The summed E-state index contributed by atoms with van der Waals surface area (Å²) in [7, 11) is 0. The van der Waals surface area contributed by atoms with Crippen LogP contribution in [0.2, 0.25) is 10.0 Å². The first-order valence-electron chi connectivity index (χ1n) is 17.7. The van der Waals surface area contributed by atoms with Crippen molar-refractivity contribution in [3.8, 4) is 22.5 Å². The summed E-state index contributed by atoms with van der Waals surface area (Å²) < 4.78 is 2.58. The van der Waals surface area contributed by atoms with Crippen LogP contribution >= 0.6 is 23.2 Å². The normalized spacial score (nSPS) is 10.6. The van der Waals surface area contributed by atoms with E-state index < -0.39 is 11.5 Å². The van der Waals surface area contributed by atoms with Crippen molar-refractivity contribution in [1.82, 2.24) is 19.6 Å². The lowest BCUT2D eigenvalue weighted by Crippen LogP contribution is -2.28. The van der Waals surface area contributed by atoms with Gasteiger partial charge in [0.15, 0.2) is 11.6 Å². The van der Waals surface area contributed by atoms with Crippen molar-refractivity contribution in [2.45, 2.75) is 47.4 Å². The number of nitrogens with zero attached hydrogens (tertiary/aromatic N) is 4. The molecule has 0 bridgehead atoms. The van der Waals surface area contributed by atoms with Crippen LogP contribution in [0.4, 0.5) is 22.7 Å². The van der Waals surface area contributed by atoms with Crippen molar-refractivity contribution >= 4 is 63.4 Å². The molecule has 0 unspecified atom stereocenters. The highest BCUT2D eigenvalue weighted by Crippen LogP contribution is 2.31. The van der Waals surface area contributed by atoms with Crippen molar-refractivity contribution in [3.63, 3.8) is 0 Å². The van der Waals surface area contributed by atoms with Crippen molar-refractivity contribution < 1.29 is 19.5 Å². The van der Waals surface area contributed by atoms with Crippen LogP contribution in [0.1, 0.15) is 64.3 Å². The Bertz CT molecular complexity index is 2600. The Balaban J connectivity index is 0.000000218. The zero-order chi connectivity index (χ0) is 41.4. The number of carbonyl (C=O) groups excluding carboxylic acids is 3. The second-order valence-electron chi connectivity index (χ2n) is 12.6. The minimum atomic E-state index is -0.597. The third kappa shape index (κ3) is 9.70. The maximum atomic E-state index is 13.0. The first kappa shape index (κ1) is 41.7. The number of nitrogens with one attached hydrogen (secondary N) is 2. The van der Waals surface area contributed by atoms with Gasteiger partial charge in [0, 0.05) is 51.2 Å². The van der Waals surface area contributed by atoms with Crippen LogP contribution in [0.3, 0.4) is 0 Å². The molecule has 292 valence electrons. The average molecular weight is 809 g/mol. The molecule has 57 heavy (non-hydrogen) atoms. The number of benzene rings is 4. The van der Waals surface area contributed by atoms with Gasteiger partial charge in [-0.15, -0.1) is 0 Å². The monoisotopic (exact) mass is 807 g/mol. The van der Waals surface area contributed by atoms with E-state index in [0.717, 1.165) is 5.56 Å². The summed E-state index contributed by atoms with van der Waals surface area (Å²) >= 11 is 12.2. The number of anilines is 4. The van der Waals surface area contributed by atoms with E-state index in [1.165, 1.54) is 29.3 Å². The van der Waals surface area contributed by atoms with Crippen LogP contribution in [0, 0.1) is 0 Å². The molecule has 5 N–H and O–H groups in total. The standard InChI is InChI=1S/C21H19ClN4O3.C21H20ClN3O3/c1-3-26-21(29)19(24-16-9-5-7-14(11-16)20(23)28)17(12(2)27)18(25-26)13-6-4-8-15(22)10-13;1-3-25-21(28)20(23-17-9-7-14(12-26)8-10-17)18(13(2)27)19(24-25)15-5-4-6-16(22)11-15/h4-11,24H,3H2,1-2H3,(H2,23,28);4-11,23,26H,3,12H2,1-2H3. The number of aryl methyl sites for hydroxylation is 2. The fourth-order valence-electron chi connectivity index (χ4n) is 5.90. The van der Waals surface area contributed by atoms with E-state index in [9.17, 15) is 29.1 Å². The quantitative estimate of drug-likeness (QED) is 0.0894. The molecule has 0 saturated heterocycles. The molecule has 0 aliphatic rings. The predicted octanol–water partition coefficient (Wildman–Crippen LogP) is 7.65. The molecule has 4 aromatic carbocycles. The highest BCUT2D eigenvalue weighted by Gasteiger charge is 2.24. The van der Waals surface area contributed by atoms with Gasteiger partial charge in [0.05, 0.1) is 17.7 Å². The minimum absolute atomic E-state index is 0.0736. The van der Waals surface area contributed by atoms with Crippen molar-refractivity contribution in [2.24, 2.45) is 5.73 Å². The van der Waals surface area contributed by atoms with Crippen LogP contribution < -0.4 is 27.5 Å². The molecular formula is C42H39Cl2N7O6. The lowest BCUT2D eigenvalue weighted by molar-refractivity contribution is 0.0995. The summed E-state index contributed by atoms with van der Waals surface area (Å²) in [6.07, 6.45) is 0. The molecule has 2 aromatic heterocycles. The third-order valence-electron chi connectivity index (χ3n) is 8.63. The Kier molecular flexibility index (Phi) is 13.5. The second kappa shape index (κ2) is 18.5. The van der Waals surface area contributed by atoms with Crippen LogP contribution in [0.5, 0.6) is 0 Å². The SMILES string of the molecule is CCn1nc(-c2cccc(Cl)c2)c(C(C)=O)c(Nc2ccc(CO)cc2)c1=O.CCn1nc(-c2cccc(Cl)c2)c(C(C)=O)c(Nc2cccc(C(N)=O)c2)c1=O. The summed E-state index contributed by atoms with van der Waals surface area (Å²) in [4.78, 5) is 62.4. The van der Waals surface area contributed by atoms with E-state index in [2.05, 4.69) is 20.8 Å². The smallest absolute Gasteiger partial charge is 0.291 e. The summed E-state index contributed by atoms with van der Waals surface area (Å²) in [6.45, 7) is 6.94. The lowest BCUT2D eigenvalue weighted by atomic mass is 10.0. The van der Waals surface area contributed by atoms with Gasteiger partial charge in [0.2, 0.25) is 5.91 Å². The van der Waals surface area contributed by atoms with Gasteiger partial charge >= 0.3 is 0 Å². The molecule has 6 aromatic rings. The fourth-order valence-corrected chi connectivity index (χ4v) is 6.28. The first-order valence-corrected chi connectivity index (χ1v) is 18.5. The summed E-state index contributed by atoms with van der Waals surface area (Å²) in [6, 6.07) is 27.3. The lowest BCUT2D eigenvalue weighted by Gasteiger charge is -2.16. The zero-order valence-corrected chi connectivity index (χ0v) is 33.0. The van der Waals surface area contributed by atoms with E-state index in [0.29, 0.717) is 57.0 Å². The maximum absolute atomic E-state index is 13.0. The molecule has 0 saturated carbocycles. The van der Waals surface area contributed by atoms with Crippen molar-refractivity contribution in [1.29, 1.82) is 0 Å². The largest absolute Gasteiger partial charge is 0.392 e. The molecule has 0 radical (unpaired) electrons. The molecule has 13 nitrogen and oxygen atoms in total. The van der Waals surface area contributed by atoms with Gasteiger partial charge in [-0.2, -0.15) is 10.2 Å². The molecule has 0 fully saturated rings. The Morgan fingerprint density at radius 1 is 0.667 bits per heavy atom. The molecule has 0 spiro atoms. The van der Waals surface area contributed by atoms with Gasteiger partial charge in [-0.05, 0) is 87.9 Å². The number of aromatic nitrogens is 4. The Morgan fingerprint density at radius 2 is 1.12 bits per heavy atom. The van der Waals surface area contributed by atoms with Crippen LogP contribution in [0.25, 0.3) is 22.5 Å². The number of rotatable bonds is 12. The maximum Gasteiger partial charge on any atom is 0.291 e. The summed E-state index contributed by atoms with van der Waals surface area (Å²) in [5, 5.41) is 25.0. The van der Waals surface area contributed by atoms with Gasteiger partial charge in [-0.1, -0.05) is 65.7 Å². The highest BCUT2D eigenvalue weighted by molar-refractivity contribution is 6.31. The van der Waals surface area contributed by atoms with E-state index in [1.807, 2.05) is 6.92 Å². The highest BCUT2D eigenvalue weighted by atomic mass is 35.5. The molecule has 0 aliphatic carbocycles. The number of nitrogens with two attached hydrogens (primary N) is 1. The van der Waals surface area contributed by atoms with E-state index in [4.69, 9.17) is 28.9 Å². The molecule has 0 atom stereocenters. The van der Waals surface area contributed by atoms with E-state index in [-0.39, 0.29) is 51.8 Å². The molecule has 1 amide bonds. The number of ketones is 2. The number of aliphatic hydroxyl groups is 1. The zero-order valence-electron chi connectivity index (χ0n) is 31.5. The predicted molar refractivity (Wildman–Crippen MR) is 223 cm³/mol. The molecule has 0 aliphatic heterocycles. The number of halogens is 2. The first-order chi connectivity index (χ1) is 27.3.